The molecule has 2 rings (SSSR count). The highest BCUT2D eigenvalue weighted by atomic mass is 32.1. The van der Waals surface area contributed by atoms with Crippen LogP contribution in [0, 0.1) is 6.92 Å². The van der Waals surface area contributed by atoms with Crippen molar-refractivity contribution in [1.82, 2.24) is 14.9 Å². The predicted octanol–water partition coefficient (Wildman–Crippen LogP) is 1.49. The van der Waals surface area contributed by atoms with Gasteiger partial charge in [0, 0.05) is 23.5 Å². The van der Waals surface area contributed by atoms with E-state index in [1.54, 1.807) is 17.8 Å². The highest BCUT2D eigenvalue weighted by Crippen LogP contribution is 2.10. The number of aromatic nitrogens is 2. The molecule has 1 unspecified atom stereocenters. The molecule has 0 saturated carbocycles. The van der Waals surface area contributed by atoms with E-state index in [9.17, 15) is 9.59 Å². The number of thiazole rings is 1. The third kappa shape index (κ3) is 3.29. The molecular weight excluding hydrogens is 262 g/mol. The van der Waals surface area contributed by atoms with Crippen LogP contribution in [0.15, 0.2) is 34.7 Å². The van der Waals surface area contributed by atoms with Crippen molar-refractivity contribution in [3.63, 3.8) is 0 Å². The second-order valence-electron chi connectivity index (χ2n) is 4.30. The fraction of sp³-hybridized carbons (Fsp3) is 0.308. The van der Waals surface area contributed by atoms with Gasteiger partial charge in [-0.1, -0.05) is 11.3 Å². The minimum absolute atomic E-state index is 0.0591. The van der Waals surface area contributed by atoms with E-state index < -0.39 is 0 Å². The molecule has 0 aliphatic rings. The molecule has 0 aromatic carbocycles. The van der Waals surface area contributed by atoms with Crippen LogP contribution < -0.4 is 10.2 Å². The number of nitrogens with one attached hydrogen (secondary N) is 1. The van der Waals surface area contributed by atoms with Gasteiger partial charge in [0.1, 0.15) is 6.54 Å². The molecule has 0 radical (unpaired) electrons. The molecule has 0 bridgehead atoms. The fourth-order valence-corrected chi connectivity index (χ4v) is 2.50. The van der Waals surface area contributed by atoms with Crippen LogP contribution in [-0.2, 0) is 11.3 Å². The normalized spacial score (nSPS) is 12.1. The Labute approximate surface area is 114 Å². The van der Waals surface area contributed by atoms with Crippen molar-refractivity contribution in [2.75, 3.05) is 0 Å². The summed E-state index contributed by atoms with van der Waals surface area (Å²) in [5.74, 6) is -0.173. The summed E-state index contributed by atoms with van der Waals surface area (Å²) in [7, 11) is 0. The van der Waals surface area contributed by atoms with E-state index in [4.69, 9.17) is 0 Å². The number of nitrogens with zero attached hydrogens (tertiary/aromatic N) is 2. The monoisotopic (exact) mass is 277 g/mol. The molecule has 0 aliphatic carbocycles. The molecule has 5 nitrogen and oxygen atoms in total. The largest absolute Gasteiger partial charge is 0.348 e. The first-order valence-corrected chi connectivity index (χ1v) is 6.80. The van der Waals surface area contributed by atoms with Gasteiger partial charge in [-0.2, -0.15) is 0 Å². The Hall–Kier alpha value is -1.95. The zero-order valence-corrected chi connectivity index (χ0v) is 11.6. The summed E-state index contributed by atoms with van der Waals surface area (Å²) < 4.78 is 1.47. The average molecular weight is 277 g/mol. The summed E-state index contributed by atoms with van der Waals surface area (Å²) in [6, 6.07) is 3.60. The lowest BCUT2D eigenvalue weighted by Gasteiger charge is -2.14. The summed E-state index contributed by atoms with van der Waals surface area (Å²) >= 11 is 1.11. The number of rotatable bonds is 4. The molecule has 19 heavy (non-hydrogen) atoms. The zero-order valence-electron chi connectivity index (χ0n) is 10.8. The number of pyridine rings is 1. The SMILES string of the molecule is Cc1csc(=O)n1CC(=O)NC(C)c1ccncc1. The third-order valence-corrected chi connectivity index (χ3v) is 3.74. The Morgan fingerprint density at radius 2 is 2.16 bits per heavy atom. The van der Waals surface area contributed by atoms with Gasteiger partial charge >= 0.3 is 4.87 Å². The van der Waals surface area contributed by atoms with Gasteiger partial charge in [0.25, 0.3) is 0 Å². The number of hydrogen-bond donors (Lipinski definition) is 1. The second kappa shape index (κ2) is 5.79. The smallest absolute Gasteiger partial charge is 0.307 e. The van der Waals surface area contributed by atoms with Crippen LogP contribution in [-0.4, -0.2) is 15.5 Å². The van der Waals surface area contributed by atoms with Crippen LogP contribution in [0.2, 0.25) is 0 Å². The van der Waals surface area contributed by atoms with Crippen molar-refractivity contribution in [2.24, 2.45) is 0 Å². The molecule has 0 aliphatic heterocycles. The Bertz CT molecular complexity index is 618. The third-order valence-electron chi connectivity index (χ3n) is 2.86. The van der Waals surface area contributed by atoms with Gasteiger partial charge in [-0.3, -0.25) is 19.1 Å². The molecule has 2 heterocycles. The summed E-state index contributed by atoms with van der Waals surface area (Å²) in [6.07, 6.45) is 3.37. The van der Waals surface area contributed by atoms with Crippen LogP contribution in [0.1, 0.15) is 24.2 Å². The maximum atomic E-state index is 11.9. The minimum atomic E-state index is -0.173. The molecule has 1 amide bonds. The minimum Gasteiger partial charge on any atom is -0.348 e. The molecule has 0 fully saturated rings. The number of hydrogen-bond acceptors (Lipinski definition) is 4. The Morgan fingerprint density at radius 3 is 2.74 bits per heavy atom. The zero-order chi connectivity index (χ0) is 13.8. The van der Waals surface area contributed by atoms with Gasteiger partial charge in [-0.15, -0.1) is 0 Å². The van der Waals surface area contributed by atoms with E-state index in [1.165, 1.54) is 4.57 Å². The highest BCUT2D eigenvalue weighted by Gasteiger charge is 2.12. The highest BCUT2D eigenvalue weighted by molar-refractivity contribution is 7.07. The lowest BCUT2D eigenvalue weighted by atomic mass is 10.1. The van der Waals surface area contributed by atoms with Gasteiger partial charge in [0.15, 0.2) is 0 Å². The van der Waals surface area contributed by atoms with Crippen molar-refractivity contribution in [1.29, 1.82) is 0 Å². The van der Waals surface area contributed by atoms with E-state index in [0.29, 0.717) is 0 Å². The summed E-state index contributed by atoms with van der Waals surface area (Å²) in [4.78, 5) is 27.3. The molecule has 1 atom stereocenters. The Kier molecular flexibility index (Phi) is 4.11. The Balaban J connectivity index is 2.01. The van der Waals surface area contributed by atoms with Gasteiger partial charge in [0.05, 0.1) is 6.04 Å². The molecule has 100 valence electrons. The first-order valence-electron chi connectivity index (χ1n) is 5.92. The van der Waals surface area contributed by atoms with Crippen LogP contribution in [0.5, 0.6) is 0 Å². The van der Waals surface area contributed by atoms with Crippen molar-refractivity contribution in [3.8, 4) is 0 Å². The molecule has 6 heteroatoms. The molecular formula is C13H15N3O2S. The van der Waals surface area contributed by atoms with E-state index in [1.807, 2.05) is 26.0 Å². The lowest BCUT2D eigenvalue weighted by molar-refractivity contribution is -0.122. The van der Waals surface area contributed by atoms with Crippen LogP contribution >= 0.6 is 11.3 Å². The number of amides is 1. The Morgan fingerprint density at radius 1 is 1.47 bits per heavy atom. The van der Waals surface area contributed by atoms with Crippen molar-refractivity contribution < 1.29 is 4.79 Å². The van der Waals surface area contributed by atoms with Crippen molar-refractivity contribution in [3.05, 3.63) is 50.8 Å². The predicted molar refractivity (Wildman–Crippen MR) is 74.1 cm³/mol. The van der Waals surface area contributed by atoms with Crippen LogP contribution in [0.25, 0.3) is 0 Å². The molecule has 1 N–H and O–H groups in total. The molecule has 0 spiro atoms. The van der Waals surface area contributed by atoms with Crippen LogP contribution in [0.3, 0.4) is 0 Å². The van der Waals surface area contributed by atoms with Gasteiger partial charge in [-0.05, 0) is 31.5 Å². The number of aryl methyl sites for hydroxylation is 1. The first kappa shape index (κ1) is 13.5. The van der Waals surface area contributed by atoms with Gasteiger partial charge < -0.3 is 5.32 Å². The first-order chi connectivity index (χ1) is 9.08. The summed E-state index contributed by atoms with van der Waals surface area (Å²) in [6.45, 7) is 3.78. The quantitative estimate of drug-likeness (QED) is 0.921. The maximum absolute atomic E-state index is 11.9. The topological polar surface area (TPSA) is 64.0 Å². The molecule has 2 aromatic rings. The molecule has 2 aromatic heterocycles. The standard InChI is InChI=1S/C13H15N3O2S/c1-9-8-19-13(18)16(9)7-12(17)15-10(2)11-3-5-14-6-4-11/h3-6,8,10H,7H2,1-2H3,(H,15,17). The lowest BCUT2D eigenvalue weighted by Crippen LogP contribution is -2.32. The average Bonchev–Trinajstić information content (AvgIpc) is 2.71. The van der Waals surface area contributed by atoms with Crippen molar-refractivity contribution in [2.45, 2.75) is 26.4 Å². The maximum Gasteiger partial charge on any atom is 0.307 e. The molecule has 0 saturated heterocycles. The number of carbonyl (C=O) groups excluding carboxylic acids is 1. The number of carbonyl (C=O) groups is 1. The van der Waals surface area contributed by atoms with E-state index in [2.05, 4.69) is 10.3 Å². The van der Waals surface area contributed by atoms with Crippen LogP contribution in [0.4, 0.5) is 0 Å². The second-order valence-corrected chi connectivity index (χ2v) is 5.12. The summed E-state index contributed by atoms with van der Waals surface area (Å²) in [5.41, 5.74) is 1.79. The summed E-state index contributed by atoms with van der Waals surface area (Å²) in [5, 5.41) is 4.62. The van der Waals surface area contributed by atoms with Gasteiger partial charge in [-0.25, -0.2) is 0 Å². The van der Waals surface area contributed by atoms with E-state index >= 15 is 0 Å². The van der Waals surface area contributed by atoms with E-state index in [0.717, 1.165) is 22.6 Å². The van der Waals surface area contributed by atoms with E-state index in [-0.39, 0.29) is 23.4 Å². The van der Waals surface area contributed by atoms with Gasteiger partial charge in [0.2, 0.25) is 5.91 Å². The fourth-order valence-electron chi connectivity index (χ4n) is 1.76. The van der Waals surface area contributed by atoms with Crippen molar-refractivity contribution >= 4 is 17.2 Å².